The molecule has 0 radical (unpaired) electrons. The maximum Gasteiger partial charge on any atom is 0.226 e. The summed E-state index contributed by atoms with van der Waals surface area (Å²) in [6, 6.07) is 0.478. The molecule has 3 N–H and O–H groups in total. The van der Waals surface area contributed by atoms with Crippen LogP contribution in [0.2, 0.25) is 0 Å². The summed E-state index contributed by atoms with van der Waals surface area (Å²) < 4.78 is 0. The van der Waals surface area contributed by atoms with Crippen LogP contribution in [0.1, 0.15) is 33.1 Å². The summed E-state index contributed by atoms with van der Waals surface area (Å²) in [5.74, 6) is 2.94. The average Bonchev–Trinajstić information content (AvgIpc) is 3.06. The van der Waals surface area contributed by atoms with E-state index in [0.717, 1.165) is 17.3 Å². The van der Waals surface area contributed by atoms with Crippen LogP contribution in [0.15, 0.2) is 6.33 Å². The Balaban J connectivity index is 1.89. The molecule has 6 heteroatoms. The lowest BCUT2D eigenvalue weighted by molar-refractivity contribution is 0.391. The number of aromatic amines is 1. The van der Waals surface area contributed by atoms with E-state index in [1.165, 1.54) is 19.3 Å². The Bertz CT molecular complexity index is 592. The highest BCUT2D eigenvalue weighted by Gasteiger charge is 2.32. The van der Waals surface area contributed by atoms with Crippen molar-refractivity contribution in [2.45, 2.75) is 39.2 Å². The molecule has 2 aromatic rings. The van der Waals surface area contributed by atoms with Gasteiger partial charge in [-0.15, -0.1) is 0 Å². The Kier molecular flexibility index (Phi) is 3.46. The Labute approximate surface area is 118 Å². The van der Waals surface area contributed by atoms with E-state index < -0.39 is 0 Å². The van der Waals surface area contributed by atoms with Crippen molar-refractivity contribution in [3.63, 3.8) is 0 Å². The second kappa shape index (κ2) is 5.26. The van der Waals surface area contributed by atoms with E-state index in [0.29, 0.717) is 23.6 Å². The molecule has 0 aliphatic heterocycles. The summed E-state index contributed by atoms with van der Waals surface area (Å²) >= 11 is 0. The molecule has 1 fully saturated rings. The van der Waals surface area contributed by atoms with E-state index in [2.05, 4.69) is 44.4 Å². The minimum atomic E-state index is 0.478. The van der Waals surface area contributed by atoms with Gasteiger partial charge in [-0.05, 0) is 24.7 Å². The molecule has 0 saturated heterocycles. The van der Waals surface area contributed by atoms with Crippen LogP contribution in [0.5, 0.6) is 0 Å². The van der Waals surface area contributed by atoms with Gasteiger partial charge in [0.25, 0.3) is 0 Å². The monoisotopic (exact) mass is 274 g/mol. The Morgan fingerprint density at radius 3 is 2.90 bits per heavy atom. The molecule has 108 valence electrons. The zero-order chi connectivity index (χ0) is 14.1. The van der Waals surface area contributed by atoms with Gasteiger partial charge in [0, 0.05) is 13.1 Å². The highest BCUT2D eigenvalue weighted by Crippen LogP contribution is 2.36. The van der Waals surface area contributed by atoms with Gasteiger partial charge in [0.1, 0.15) is 5.52 Å². The first kappa shape index (κ1) is 13.1. The number of nitrogens with zero attached hydrogens (tertiary/aromatic N) is 3. The molecule has 0 aromatic carbocycles. The molecular formula is C14H22N6. The highest BCUT2D eigenvalue weighted by atomic mass is 15.2. The lowest BCUT2D eigenvalue weighted by Gasteiger charge is -2.21. The number of anilines is 2. The summed E-state index contributed by atoms with van der Waals surface area (Å²) in [6.45, 7) is 4.61. The van der Waals surface area contributed by atoms with Crippen molar-refractivity contribution >= 4 is 22.9 Å². The number of fused-ring (bicyclic) bond motifs is 1. The first-order valence-corrected chi connectivity index (χ1v) is 7.38. The molecule has 3 atom stereocenters. The molecule has 2 aromatic heterocycles. The fourth-order valence-electron chi connectivity index (χ4n) is 3.25. The van der Waals surface area contributed by atoms with Crippen LogP contribution in [-0.2, 0) is 0 Å². The Morgan fingerprint density at radius 1 is 1.35 bits per heavy atom. The molecule has 0 amide bonds. The van der Waals surface area contributed by atoms with Crippen molar-refractivity contribution in [3.05, 3.63) is 6.33 Å². The number of aromatic nitrogens is 4. The van der Waals surface area contributed by atoms with E-state index in [1.807, 2.05) is 7.05 Å². The van der Waals surface area contributed by atoms with Crippen molar-refractivity contribution in [2.24, 2.45) is 11.8 Å². The number of rotatable bonds is 4. The van der Waals surface area contributed by atoms with E-state index in [-0.39, 0.29) is 0 Å². The first-order valence-electron chi connectivity index (χ1n) is 7.38. The third-order valence-corrected chi connectivity index (χ3v) is 4.58. The Hall–Kier alpha value is -1.85. The van der Waals surface area contributed by atoms with Crippen molar-refractivity contribution in [3.8, 4) is 0 Å². The van der Waals surface area contributed by atoms with Gasteiger partial charge in [-0.2, -0.15) is 9.97 Å². The van der Waals surface area contributed by atoms with Crippen LogP contribution in [0, 0.1) is 11.8 Å². The predicted molar refractivity (Wildman–Crippen MR) is 80.8 cm³/mol. The number of nitrogens with one attached hydrogen (secondary N) is 3. The standard InChI is InChI=1S/C14H22N6/c1-4-9-5-6-10(8(9)2)18-13-11-12(17-7-16-11)19-14(15-3)20-13/h7-10H,4-6H2,1-3H3,(H3,15,16,17,18,19,20). The van der Waals surface area contributed by atoms with Gasteiger partial charge < -0.3 is 15.6 Å². The van der Waals surface area contributed by atoms with E-state index in [1.54, 1.807) is 6.33 Å². The van der Waals surface area contributed by atoms with Gasteiger partial charge in [-0.25, -0.2) is 4.98 Å². The minimum absolute atomic E-state index is 0.478. The lowest BCUT2D eigenvalue weighted by Crippen LogP contribution is -2.25. The minimum Gasteiger partial charge on any atom is -0.365 e. The molecule has 1 saturated carbocycles. The molecule has 1 aliphatic carbocycles. The normalized spacial score (nSPS) is 26.1. The molecule has 1 aliphatic rings. The molecule has 0 spiro atoms. The van der Waals surface area contributed by atoms with Crippen molar-refractivity contribution in [1.82, 2.24) is 19.9 Å². The van der Waals surface area contributed by atoms with Crippen LogP contribution >= 0.6 is 0 Å². The number of hydrogen-bond acceptors (Lipinski definition) is 5. The number of hydrogen-bond donors (Lipinski definition) is 3. The highest BCUT2D eigenvalue weighted by molar-refractivity contribution is 5.83. The molecule has 3 unspecified atom stereocenters. The van der Waals surface area contributed by atoms with Gasteiger partial charge in [-0.1, -0.05) is 20.3 Å². The maximum atomic E-state index is 4.54. The van der Waals surface area contributed by atoms with Gasteiger partial charge >= 0.3 is 0 Å². The van der Waals surface area contributed by atoms with E-state index in [9.17, 15) is 0 Å². The molecule has 3 rings (SSSR count). The van der Waals surface area contributed by atoms with Crippen molar-refractivity contribution < 1.29 is 0 Å². The number of H-pyrrole nitrogens is 1. The second-order valence-electron chi connectivity index (χ2n) is 5.60. The summed E-state index contributed by atoms with van der Waals surface area (Å²) in [6.07, 6.45) is 5.42. The summed E-state index contributed by atoms with van der Waals surface area (Å²) in [4.78, 5) is 16.2. The van der Waals surface area contributed by atoms with Crippen LogP contribution in [0.25, 0.3) is 11.2 Å². The summed E-state index contributed by atoms with van der Waals surface area (Å²) in [5, 5.41) is 6.59. The fourth-order valence-corrected chi connectivity index (χ4v) is 3.25. The molecule has 2 heterocycles. The largest absolute Gasteiger partial charge is 0.365 e. The first-order chi connectivity index (χ1) is 9.72. The fraction of sp³-hybridized carbons (Fsp3) is 0.643. The molecule has 0 bridgehead atoms. The van der Waals surface area contributed by atoms with Crippen LogP contribution in [0.3, 0.4) is 0 Å². The smallest absolute Gasteiger partial charge is 0.226 e. The molecule has 20 heavy (non-hydrogen) atoms. The summed E-state index contributed by atoms with van der Waals surface area (Å²) in [5.41, 5.74) is 1.58. The van der Waals surface area contributed by atoms with E-state index >= 15 is 0 Å². The Morgan fingerprint density at radius 2 is 2.20 bits per heavy atom. The SMILES string of the molecule is CCC1CCC(Nc2nc(NC)nc3nc[nH]c23)C1C. The predicted octanol–water partition coefficient (Wildman–Crippen LogP) is 2.63. The topological polar surface area (TPSA) is 78.5 Å². The van der Waals surface area contributed by atoms with Gasteiger partial charge in [0.15, 0.2) is 11.5 Å². The van der Waals surface area contributed by atoms with E-state index in [4.69, 9.17) is 0 Å². The summed E-state index contributed by atoms with van der Waals surface area (Å²) in [7, 11) is 1.82. The average molecular weight is 274 g/mol. The zero-order valence-corrected chi connectivity index (χ0v) is 12.3. The maximum absolute atomic E-state index is 4.54. The van der Waals surface area contributed by atoms with Crippen LogP contribution in [0.4, 0.5) is 11.8 Å². The quantitative estimate of drug-likeness (QED) is 0.798. The van der Waals surface area contributed by atoms with Gasteiger partial charge in [-0.3, -0.25) is 0 Å². The van der Waals surface area contributed by atoms with Crippen molar-refractivity contribution in [1.29, 1.82) is 0 Å². The van der Waals surface area contributed by atoms with Gasteiger partial charge in [0.05, 0.1) is 6.33 Å². The lowest BCUT2D eigenvalue weighted by atomic mass is 9.93. The van der Waals surface area contributed by atoms with Gasteiger partial charge in [0.2, 0.25) is 5.95 Å². The van der Waals surface area contributed by atoms with Crippen LogP contribution in [-0.4, -0.2) is 33.0 Å². The van der Waals surface area contributed by atoms with Crippen LogP contribution < -0.4 is 10.6 Å². The number of imidazole rings is 1. The molecular weight excluding hydrogens is 252 g/mol. The third kappa shape index (κ3) is 2.19. The zero-order valence-electron chi connectivity index (χ0n) is 12.3. The second-order valence-corrected chi connectivity index (χ2v) is 5.60. The third-order valence-electron chi connectivity index (χ3n) is 4.58. The molecule has 6 nitrogen and oxygen atoms in total. The van der Waals surface area contributed by atoms with Crippen molar-refractivity contribution in [2.75, 3.05) is 17.7 Å².